The Morgan fingerprint density at radius 3 is 2.50 bits per heavy atom. The van der Waals surface area contributed by atoms with Crippen molar-refractivity contribution in [2.24, 2.45) is 0 Å². The molecule has 0 amide bonds. The maximum Gasteiger partial charge on any atom is 0.127 e. The molecule has 1 nitrogen and oxygen atoms in total. The third-order valence-corrected chi connectivity index (χ3v) is 2.66. The fourth-order valence-electron chi connectivity index (χ4n) is 1.90. The predicted molar refractivity (Wildman–Crippen MR) is 66.9 cm³/mol. The van der Waals surface area contributed by atoms with Crippen molar-refractivity contribution in [2.45, 2.75) is 52.1 Å². The Bertz CT molecular complexity index is 309. The van der Waals surface area contributed by atoms with Gasteiger partial charge in [0.2, 0.25) is 0 Å². The molecule has 1 aromatic carbocycles. The van der Waals surface area contributed by atoms with Crippen LogP contribution < -0.4 is 5.32 Å². The van der Waals surface area contributed by atoms with Gasteiger partial charge in [0.25, 0.3) is 0 Å². The zero-order chi connectivity index (χ0) is 12.0. The standard InChI is InChI=1S/C14H22FN/c1-4-5-10-14(16-11(2)3)12-8-6-7-9-13(12)15/h6-9,11,14,16H,4-5,10H2,1-3H3. The van der Waals surface area contributed by atoms with Gasteiger partial charge in [-0.05, 0) is 12.5 Å². The third-order valence-electron chi connectivity index (χ3n) is 2.66. The summed E-state index contributed by atoms with van der Waals surface area (Å²) in [5, 5.41) is 3.43. The summed E-state index contributed by atoms with van der Waals surface area (Å²) in [6.07, 6.45) is 3.26. The molecule has 90 valence electrons. The highest BCUT2D eigenvalue weighted by Crippen LogP contribution is 2.22. The highest BCUT2D eigenvalue weighted by molar-refractivity contribution is 5.21. The molecule has 0 radical (unpaired) electrons. The summed E-state index contributed by atoms with van der Waals surface area (Å²) < 4.78 is 13.7. The first-order valence-electron chi connectivity index (χ1n) is 6.15. The van der Waals surface area contributed by atoms with Gasteiger partial charge in [0, 0.05) is 17.6 Å². The van der Waals surface area contributed by atoms with Crippen LogP contribution in [0.5, 0.6) is 0 Å². The van der Waals surface area contributed by atoms with Crippen LogP contribution in [0.4, 0.5) is 4.39 Å². The molecule has 1 aromatic rings. The zero-order valence-electron chi connectivity index (χ0n) is 10.5. The van der Waals surface area contributed by atoms with Gasteiger partial charge in [0.1, 0.15) is 5.82 Å². The fourth-order valence-corrected chi connectivity index (χ4v) is 1.90. The van der Waals surface area contributed by atoms with Crippen molar-refractivity contribution in [1.82, 2.24) is 5.32 Å². The van der Waals surface area contributed by atoms with Gasteiger partial charge in [-0.15, -0.1) is 0 Å². The van der Waals surface area contributed by atoms with E-state index in [0.717, 1.165) is 24.8 Å². The van der Waals surface area contributed by atoms with E-state index in [0.29, 0.717) is 6.04 Å². The average Bonchev–Trinajstić information content (AvgIpc) is 2.24. The van der Waals surface area contributed by atoms with Crippen LogP contribution in [0.25, 0.3) is 0 Å². The summed E-state index contributed by atoms with van der Waals surface area (Å²) in [5.41, 5.74) is 0.796. The third kappa shape index (κ3) is 3.93. The van der Waals surface area contributed by atoms with Crippen LogP contribution in [-0.4, -0.2) is 6.04 Å². The summed E-state index contributed by atoms with van der Waals surface area (Å²) in [6.45, 7) is 6.35. The molecule has 0 heterocycles. The maximum absolute atomic E-state index is 13.7. The van der Waals surface area contributed by atoms with E-state index in [2.05, 4.69) is 26.1 Å². The molecule has 0 aliphatic carbocycles. The summed E-state index contributed by atoms with van der Waals surface area (Å²) in [5.74, 6) is -0.100. The Labute approximate surface area is 98.1 Å². The van der Waals surface area contributed by atoms with Crippen molar-refractivity contribution in [1.29, 1.82) is 0 Å². The van der Waals surface area contributed by atoms with Gasteiger partial charge < -0.3 is 5.32 Å². The fraction of sp³-hybridized carbons (Fsp3) is 0.571. The first-order chi connectivity index (χ1) is 7.65. The molecule has 1 N–H and O–H groups in total. The second kappa shape index (κ2) is 6.64. The minimum atomic E-state index is -0.100. The van der Waals surface area contributed by atoms with E-state index in [1.807, 2.05) is 12.1 Å². The first-order valence-corrected chi connectivity index (χ1v) is 6.15. The van der Waals surface area contributed by atoms with Crippen molar-refractivity contribution >= 4 is 0 Å². The zero-order valence-corrected chi connectivity index (χ0v) is 10.5. The Morgan fingerprint density at radius 2 is 1.94 bits per heavy atom. The molecule has 1 atom stereocenters. The number of unbranched alkanes of at least 4 members (excludes halogenated alkanes) is 1. The Kier molecular flexibility index (Phi) is 5.47. The van der Waals surface area contributed by atoms with Crippen LogP contribution in [0.1, 0.15) is 51.6 Å². The van der Waals surface area contributed by atoms with Crippen molar-refractivity contribution in [3.05, 3.63) is 35.6 Å². The van der Waals surface area contributed by atoms with Gasteiger partial charge in [-0.3, -0.25) is 0 Å². The second-order valence-corrected chi connectivity index (χ2v) is 4.54. The summed E-state index contributed by atoms with van der Waals surface area (Å²) in [4.78, 5) is 0. The molecule has 16 heavy (non-hydrogen) atoms. The summed E-state index contributed by atoms with van der Waals surface area (Å²) in [7, 11) is 0. The molecule has 0 fully saturated rings. The molecule has 0 spiro atoms. The second-order valence-electron chi connectivity index (χ2n) is 4.54. The monoisotopic (exact) mass is 223 g/mol. The minimum absolute atomic E-state index is 0.100. The Balaban J connectivity index is 2.78. The summed E-state index contributed by atoms with van der Waals surface area (Å²) >= 11 is 0. The molecule has 0 aliphatic heterocycles. The highest BCUT2D eigenvalue weighted by Gasteiger charge is 2.15. The summed E-state index contributed by atoms with van der Waals surface area (Å²) in [6, 6.07) is 7.58. The van der Waals surface area contributed by atoms with Crippen molar-refractivity contribution in [2.75, 3.05) is 0 Å². The van der Waals surface area contributed by atoms with Crippen LogP contribution in [-0.2, 0) is 0 Å². The highest BCUT2D eigenvalue weighted by atomic mass is 19.1. The topological polar surface area (TPSA) is 12.0 Å². The molecule has 0 bridgehead atoms. The van der Waals surface area contributed by atoms with Crippen LogP contribution in [0.15, 0.2) is 24.3 Å². The smallest absolute Gasteiger partial charge is 0.127 e. The number of halogens is 1. The van der Waals surface area contributed by atoms with Crippen LogP contribution in [0, 0.1) is 5.82 Å². The molecular weight excluding hydrogens is 201 g/mol. The van der Waals surface area contributed by atoms with Crippen LogP contribution >= 0.6 is 0 Å². The number of hydrogen-bond donors (Lipinski definition) is 1. The van der Waals surface area contributed by atoms with Gasteiger partial charge in [-0.25, -0.2) is 4.39 Å². The minimum Gasteiger partial charge on any atom is -0.308 e. The van der Waals surface area contributed by atoms with Crippen molar-refractivity contribution < 1.29 is 4.39 Å². The van der Waals surface area contributed by atoms with Gasteiger partial charge in [0.05, 0.1) is 0 Å². The van der Waals surface area contributed by atoms with E-state index in [9.17, 15) is 4.39 Å². The molecule has 1 unspecified atom stereocenters. The molecule has 2 heteroatoms. The van der Waals surface area contributed by atoms with E-state index in [1.165, 1.54) is 6.07 Å². The lowest BCUT2D eigenvalue weighted by atomic mass is 10.00. The largest absolute Gasteiger partial charge is 0.308 e. The predicted octanol–water partition coefficient (Wildman–Crippen LogP) is 4.06. The molecule has 1 rings (SSSR count). The lowest BCUT2D eigenvalue weighted by molar-refractivity contribution is 0.424. The molecule has 0 aromatic heterocycles. The number of nitrogens with one attached hydrogen (secondary N) is 1. The van der Waals surface area contributed by atoms with E-state index in [-0.39, 0.29) is 11.9 Å². The van der Waals surface area contributed by atoms with Crippen LogP contribution in [0.2, 0.25) is 0 Å². The molecule has 0 saturated heterocycles. The van der Waals surface area contributed by atoms with Gasteiger partial charge in [-0.2, -0.15) is 0 Å². The lowest BCUT2D eigenvalue weighted by Crippen LogP contribution is -2.28. The molecular formula is C14H22FN. The molecule has 0 aliphatic rings. The number of hydrogen-bond acceptors (Lipinski definition) is 1. The van der Waals surface area contributed by atoms with E-state index >= 15 is 0 Å². The van der Waals surface area contributed by atoms with E-state index < -0.39 is 0 Å². The van der Waals surface area contributed by atoms with Gasteiger partial charge in [0.15, 0.2) is 0 Å². The van der Waals surface area contributed by atoms with Gasteiger partial charge in [-0.1, -0.05) is 51.8 Å². The molecule has 0 saturated carbocycles. The van der Waals surface area contributed by atoms with E-state index in [1.54, 1.807) is 6.07 Å². The van der Waals surface area contributed by atoms with E-state index in [4.69, 9.17) is 0 Å². The average molecular weight is 223 g/mol. The quantitative estimate of drug-likeness (QED) is 0.767. The van der Waals surface area contributed by atoms with Gasteiger partial charge >= 0.3 is 0 Å². The lowest BCUT2D eigenvalue weighted by Gasteiger charge is -2.22. The normalized spacial score (nSPS) is 13.1. The maximum atomic E-state index is 13.7. The van der Waals surface area contributed by atoms with Crippen LogP contribution in [0.3, 0.4) is 0 Å². The SMILES string of the molecule is CCCCC(NC(C)C)c1ccccc1F. The van der Waals surface area contributed by atoms with Crippen molar-refractivity contribution in [3.63, 3.8) is 0 Å². The first kappa shape index (κ1) is 13.2. The Morgan fingerprint density at radius 1 is 1.25 bits per heavy atom. The van der Waals surface area contributed by atoms with Crippen molar-refractivity contribution in [3.8, 4) is 0 Å². The Hall–Kier alpha value is -0.890. The number of benzene rings is 1. The number of rotatable bonds is 6.